The second-order valence-corrected chi connectivity index (χ2v) is 9.30. The number of hydrogen-bond donors (Lipinski definition) is 0. The van der Waals surface area contributed by atoms with Crippen molar-refractivity contribution in [2.24, 2.45) is 5.92 Å². The molecule has 0 amide bonds. The zero-order valence-corrected chi connectivity index (χ0v) is 21.9. The summed E-state index contributed by atoms with van der Waals surface area (Å²) in [6.07, 6.45) is 4.61. The Bertz CT molecular complexity index is 889. The number of hydrogen-bond acceptors (Lipinski definition) is 1. The Balaban J connectivity index is 0.00000187. The van der Waals surface area contributed by atoms with Gasteiger partial charge in [0.25, 0.3) is 0 Å². The standard InChI is InChI=1S/C30H39N.C2H6/c1-5-7-26-10-16-29(17-11-26)22-31(21-28-14-8-25(6-2)9-15-28)23-30-18-12-27(13-19-30)20-24(3)4;1-2/h8-19,24H,5-7,20-23H2,1-4H3;1-2H3. The summed E-state index contributed by atoms with van der Waals surface area (Å²) in [4.78, 5) is 2.56. The van der Waals surface area contributed by atoms with Crippen molar-refractivity contribution < 1.29 is 0 Å². The largest absolute Gasteiger partial charge is 0.291 e. The van der Waals surface area contributed by atoms with Crippen LogP contribution in [0.25, 0.3) is 0 Å². The normalized spacial score (nSPS) is 10.9. The highest BCUT2D eigenvalue weighted by atomic mass is 15.1. The zero-order chi connectivity index (χ0) is 24.1. The van der Waals surface area contributed by atoms with Crippen LogP contribution in [-0.4, -0.2) is 4.90 Å². The lowest BCUT2D eigenvalue weighted by Crippen LogP contribution is -2.22. The van der Waals surface area contributed by atoms with Gasteiger partial charge >= 0.3 is 0 Å². The lowest BCUT2D eigenvalue weighted by molar-refractivity contribution is 0.247. The summed E-state index contributed by atoms with van der Waals surface area (Å²) < 4.78 is 0. The average Bonchev–Trinajstić information content (AvgIpc) is 2.83. The van der Waals surface area contributed by atoms with Crippen LogP contribution in [0, 0.1) is 5.92 Å². The van der Waals surface area contributed by atoms with Crippen molar-refractivity contribution in [2.75, 3.05) is 0 Å². The fraction of sp³-hybridized carbons (Fsp3) is 0.438. The van der Waals surface area contributed by atoms with E-state index in [1.54, 1.807) is 0 Å². The topological polar surface area (TPSA) is 3.24 Å². The summed E-state index contributed by atoms with van der Waals surface area (Å²) >= 11 is 0. The molecule has 0 heterocycles. The third-order valence-electron chi connectivity index (χ3n) is 5.88. The second-order valence-electron chi connectivity index (χ2n) is 9.30. The molecule has 0 bridgehead atoms. The smallest absolute Gasteiger partial charge is 0.0240 e. The molecule has 0 aliphatic carbocycles. The molecule has 0 saturated heterocycles. The van der Waals surface area contributed by atoms with Gasteiger partial charge in [0.15, 0.2) is 0 Å². The summed E-state index contributed by atoms with van der Waals surface area (Å²) in [6.45, 7) is 15.9. The van der Waals surface area contributed by atoms with E-state index in [1.807, 2.05) is 13.8 Å². The first kappa shape index (κ1) is 26.9. The van der Waals surface area contributed by atoms with Crippen LogP contribution in [-0.2, 0) is 38.9 Å². The minimum Gasteiger partial charge on any atom is -0.291 e. The molecular weight excluding hydrogens is 398 g/mol. The third kappa shape index (κ3) is 9.56. The van der Waals surface area contributed by atoms with Crippen molar-refractivity contribution in [1.29, 1.82) is 0 Å². The SMILES string of the molecule is CC.CCCc1ccc(CN(Cc2ccc(CC)cc2)Cc2ccc(CC(C)C)cc2)cc1. The molecule has 0 aliphatic rings. The van der Waals surface area contributed by atoms with Gasteiger partial charge in [0.05, 0.1) is 0 Å². The summed E-state index contributed by atoms with van der Waals surface area (Å²) in [5, 5.41) is 0. The van der Waals surface area contributed by atoms with E-state index in [1.165, 1.54) is 39.8 Å². The minimum atomic E-state index is 0.698. The number of aryl methyl sites for hydroxylation is 2. The van der Waals surface area contributed by atoms with Crippen molar-refractivity contribution in [3.05, 3.63) is 106 Å². The van der Waals surface area contributed by atoms with Crippen LogP contribution in [0.1, 0.15) is 81.3 Å². The molecule has 0 atom stereocenters. The first-order valence-corrected chi connectivity index (χ1v) is 13.0. The molecule has 0 aromatic heterocycles. The van der Waals surface area contributed by atoms with Crippen LogP contribution in [0.15, 0.2) is 72.8 Å². The van der Waals surface area contributed by atoms with Crippen molar-refractivity contribution >= 4 is 0 Å². The quantitative estimate of drug-likeness (QED) is 0.287. The Labute approximate surface area is 203 Å². The molecule has 33 heavy (non-hydrogen) atoms. The van der Waals surface area contributed by atoms with Crippen molar-refractivity contribution in [3.63, 3.8) is 0 Å². The highest BCUT2D eigenvalue weighted by molar-refractivity contribution is 5.26. The lowest BCUT2D eigenvalue weighted by atomic mass is 10.0. The van der Waals surface area contributed by atoms with Crippen LogP contribution in [0.5, 0.6) is 0 Å². The molecule has 1 heteroatoms. The number of nitrogens with zero attached hydrogens (tertiary/aromatic N) is 1. The maximum absolute atomic E-state index is 2.56. The van der Waals surface area contributed by atoms with Gasteiger partial charge in [-0.05, 0) is 58.6 Å². The Morgan fingerprint density at radius 1 is 0.545 bits per heavy atom. The number of rotatable bonds is 11. The maximum atomic E-state index is 2.56. The van der Waals surface area contributed by atoms with Crippen molar-refractivity contribution in [1.82, 2.24) is 4.90 Å². The van der Waals surface area contributed by atoms with Gasteiger partial charge in [-0.3, -0.25) is 4.90 Å². The van der Waals surface area contributed by atoms with E-state index in [2.05, 4.69) is 105 Å². The maximum Gasteiger partial charge on any atom is 0.0240 e. The van der Waals surface area contributed by atoms with Gasteiger partial charge in [-0.15, -0.1) is 0 Å². The summed E-state index contributed by atoms with van der Waals surface area (Å²) in [7, 11) is 0. The monoisotopic (exact) mass is 443 g/mol. The van der Waals surface area contributed by atoms with E-state index in [9.17, 15) is 0 Å². The molecule has 0 fully saturated rings. The van der Waals surface area contributed by atoms with Crippen molar-refractivity contribution in [3.8, 4) is 0 Å². The summed E-state index contributed by atoms with van der Waals surface area (Å²) in [6, 6.07) is 27.6. The first-order valence-electron chi connectivity index (χ1n) is 13.0. The van der Waals surface area contributed by atoms with Gasteiger partial charge in [-0.25, -0.2) is 0 Å². The predicted octanol–water partition coefficient (Wildman–Crippen LogP) is 8.63. The van der Waals surface area contributed by atoms with E-state index >= 15 is 0 Å². The van der Waals surface area contributed by atoms with E-state index in [-0.39, 0.29) is 0 Å². The van der Waals surface area contributed by atoms with Crippen LogP contribution >= 0.6 is 0 Å². The Morgan fingerprint density at radius 2 is 0.909 bits per heavy atom. The summed E-state index contributed by atoms with van der Waals surface area (Å²) in [5.41, 5.74) is 8.45. The van der Waals surface area contributed by atoms with E-state index < -0.39 is 0 Å². The van der Waals surface area contributed by atoms with Gasteiger partial charge in [0.2, 0.25) is 0 Å². The van der Waals surface area contributed by atoms with Gasteiger partial charge in [-0.2, -0.15) is 0 Å². The second kappa shape index (κ2) is 14.7. The third-order valence-corrected chi connectivity index (χ3v) is 5.88. The molecule has 0 N–H and O–H groups in total. The van der Waals surface area contributed by atoms with Gasteiger partial charge in [0.1, 0.15) is 0 Å². The first-order chi connectivity index (χ1) is 16.1. The molecule has 3 rings (SSSR count). The van der Waals surface area contributed by atoms with Gasteiger partial charge in [0, 0.05) is 19.6 Å². The fourth-order valence-electron chi connectivity index (χ4n) is 4.17. The van der Waals surface area contributed by atoms with Gasteiger partial charge in [-0.1, -0.05) is 121 Å². The molecule has 0 unspecified atom stereocenters. The highest BCUT2D eigenvalue weighted by Crippen LogP contribution is 2.17. The van der Waals surface area contributed by atoms with E-state index in [4.69, 9.17) is 0 Å². The van der Waals surface area contributed by atoms with E-state index in [0.29, 0.717) is 5.92 Å². The Hall–Kier alpha value is -2.38. The highest BCUT2D eigenvalue weighted by Gasteiger charge is 2.10. The summed E-state index contributed by atoms with van der Waals surface area (Å²) in [5.74, 6) is 0.698. The fourth-order valence-corrected chi connectivity index (χ4v) is 4.17. The molecule has 3 aromatic carbocycles. The van der Waals surface area contributed by atoms with Gasteiger partial charge < -0.3 is 0 Å². The molecule has 0 spiro atoms. The average molecular weight is 444 g/mol. The minimum absolute atomic E-state index is 0.698. The molecule has 0 saturated carbocycles. The Kier molecular flexibility index (Phi) is 12.0. The zero-order valence-electron chi connectivity index (χ0n) is 21.9. The van der Waals surface area contributed by atoms with E-state index in [0.717, 1.165) is 38.9 Å². The van der Waals surface area contributed by atoms with Crippen molar-refractivity contribution in [2.45, 2.75) is 86.9 Å². The van der Waals surface area contributed by atoms with Crippen LogP contribution in [0.3, 0.4) is 0 Å². The number of benzene rings is 3. The van der Waals surface area contributed by atoms with Crippen LogP contribution < -0.4 is 0 Å². The Morgan fingerprint density at radius 3 is 1.27 bits per heavy atom. The van der Waals surface area contributed by atoms with Crippen LogP contribution in [0.2, 0.25) is 0 Å². The van der Waals surface area contributed by atoms with Crippen LogP contribution in [0.4, 0.5) is 0 Å². The molecule has 178 valence electrons. The molecule has 0 radical (unpaired) electrons. The molecule has 1 nitrogen and oxygen atoms in total. The lowest BCUT2D eigenvalue weighted by Gasteiger charge is -2.23. The molecule has 0 aliphatic heterocycles. The molecular formula is C32H45N. The predicted molar refractivity (Wildman–Crippen MR) is 146 cm³/mol. The molecule has 3 aromatic rings.